The highest BCUT2D eigenvalue weighted by atomic mass is 32.2. The first-order chi connectivity index (χ1) is 7.36. The largest absolute Gasteiger partial charge is 0.359 e. The van der Waals surface area contributed by atoms with Crippen LogP contribution in [0.4, 0.5) is 0 Å². The molecule has 1 aliphatic heterocycles. The van der Waals surface area contributed by atoms with Gasteiger partial charge >= 0.3 is 0 Å². The molecule has 0 unspecified atom stereocenters. The Labute approximate surface area is 96.3 Å². The van der Waals surface area contributed by atoms with Crippen molar-refractivity contribution in [3.05, 3.63) is 0 Å². The molecule has 1 N–H and O–H groups in total. The van der Waals surface area contributed by atoms with E-state index in [0.717, 1.165) is 0 Å². The van der Waals surface area contributed by atoms with Crippen molar-refractivity contribution in [1.82, 2.24) is 5.32 Å². The van der Waals surface area contributed by atoms with E-state index in [9.17, 15) is 0 Å². The van der Waals surface area contributed by atoms with Gasteiger partial charge in [0.2, 0.25) is 0 Å². The van der Waals surface area contributed by atoms with E-state index >= 15 is 0 Å². The predicted molar refractivity (Wildman–Crippen MR) is 66.5 cm³/mol. The fraction of sp³-hybridized carbons (Fsp3) is 0.917. The number of nitrogens with zero attached hydrogens (tertiary/aromatic N) is 1. The van der Waals surface area contributed by atoms with Gasteiger partial charge in [-0.2, -0.15) is 0 Å². The highest BCUT2D eigenvalue weighted by Crippen LogP contribution is 2.36. The summed E-state index contributed by atoms with van der Waals surface area (Å²) in [4.78, 5) is 4.80. The minimum absolute atomic E-state index is 0.436. The monoisotopic (exact) mass is 224 g/mol. The smallest absolute Gasteiger partial charge is 0.157 e. The van der Waals surface area contributed by atoms with E-state index < -0.39 is 0 Å². The summed E-state index contributed by atoms with van der Waals surface area (Å²) in [5.41, 5.74) is 0.436. The second-order valence-electron chi connectivity index (χ2n) is 5.27. The topological polar surface area (TPSA) is 24.4 Å². The zero-order valence-corrected chi connectivity index (χ0v) is 10.1. The van der Waals surface area contributed by atoms with Crippen molar-refractivity contribution in [1.29, 1.82) is 0 Å². The van der Waals surface area contributed by atoms with E-state index in [-0.39, 0.29) is 0 Å². The number of hydrogen-bond acceptors (Lipinski definition) is 2. The highest BCUT2D eigenvalue weighted by Gasteiger charge is 2.38. The molecule has 1 heterocycles. The molecule has 1 saturated heterocycles. The standard InChI is InChI=1S/C12H20N2S/c1-2-7-12(8-3-1)9-15-11(14-12)13-10-5-4-6-10/h10H,1-9H2,(H,13,14). The molecule has 15 heavy (non-hydrogen) atoms. The van der Waals surface area contributed by atoms with Gasteiger partial charge in [-0.25, -0.2) is 0 Å². The van der Waals surface area contributed by atoms with E-state index in [1.165, 1.54) is 62.3 Å². The van der Waals surface area contributed by atoms with Crippen LogP contribution in [0.2, 0.25) is 0 Å². The maximum atomic E-state index is 4.80. The molecular formula is C12H20N2S. The van der Waals surface area contributed by atoms with Crippen LogP contribution in [-0.2, 0) is 0 Å². The van der Waals surface area contributed by atoms with Crippen LogP contribution in [0.1, 0.15) is 51.4 Å². The van der Waals surface area contributed by atoms with Crippen molar-refractivity contribution in [2.75, 3.05) is 5.75 Å². The van der Waals surface area contributed by atoms with E-state index in [1.54, 1.807) is 0 Å². The molecule has 0 radical (unpaired) electrons. The van der Waals surface area contributed by atoms with Crippen molar-refractivity contribution >= 4 is 16.9 Å². The maximum absolute atomic E-state index is 4.80. The Morgan fingerprint density at radius 2 is 1.93 bits per heavy atom. The molecule has 3 heteroatoms. The first-order valence-corrected chi connectivity index (χ1v) is 7.34. The summed E-state index contributed by atoms with van der Waals surface area (Å²) < 4.78 is 0. The van der Waals surface area contributed by atoms with Crippen LogP contribution in [0.25, 0.3) is 0 Å². The molecule has 0 bridgehead atoms. The minimum atomic E-state index is 0.436. The number of rotatable bonds is 1. The number of aliphatic imine (C=N–C) groups is 1. The summed E-state index contributed by atoms with van der Waals surface area (Å²) in [6.45, 7) is 0. The lowest BCUT2D eigenvalue weighted by Gasteiger charge is -2.33. The molecule has 0 aromatic rings. The molecule has 2 nitrogen and oxygen atoms in total. The number of hydrogen-bond donors (Lipinski definition) is 1. The van der Waals surface area contributed by atoms with Crippen LogP contribution in [0.3, 0.4) is 0 Å². The summed E-state index contributed by atoms with van der Waals surface area (Å²) >= 11 is 1.96. The van der Waals surface area contributed by atoms with Gasteiger partial charge in [-0.15, -0.1) is 0 Å². The third-order valence-corrected chi connectivity index (χ3v) is 5.22. The Hall–Kier alpha value is -0.180. The molecule has 84 valence electrons. The van der Waals surface area contributed by atoms with Crippen molar-refractivity contribution < 1.29 is 0 Å². The molecule has 0 atom stereocenters. The third kappa shape index (κ3) is 2.03. The minimum Gasteiger partial charge on any atom is -0.359 e. The van der Waals surface area contributed by atoms with Gasteiger partial charge in [0.1, 0.15) is 0 Å². The van der Waals surface area contributed by atoms with Gasteiger partial charge in [0.25, 0.3) is 0 Å². The van der Waals surface area contributed by atoms with Gasteiger partial charge in [-0.05, 0) is 32.1 Å². The van der Waals surface area contributed by atoms with Crippen LogP contribution >= 0.6 is 11.8 Å². The van der Waals surface area contributed by atoms with Crippen molar-refractivity contribution in [3.63, 3.8) is 0 Å². The summed E-state index contributed by atoms with van der Waals surface area (Å²) in [6, 6.07) is 0.652. The van der Waals surface area contributed by atoms with Crippen molar-refractivity contribution in [2.45, 2.75) is 62.9 Å². The maximum Gasteiger partial charge on any atom is 0.157 e. The molecular weight excluding hydrogens is 204 g/mol. The molecule has 0 aromatic carbocycles. The molecule has 3 aliphatic rings. The SMILES string of the molecule is C1CCC2(CC1)CSC(=NC1CCC1)N2. The van der Waals surface area contributed by atoms with Gasteiger partial charge in [0, 0.05) is 11.3 Å². The van der Waals surface area contributed by atoms with Gasteiger partial charge in [0.15, 0.2) is 5.17 Å². The Balaban J connectivity index is 1.63. The van der Waals surface area contributed by atoms with Crippen LogP contribution in [0, 0.1) is 0 Å². The van der Waals surface area contributed by atoms with Crippen LogP contribution in [0.5, 0.6) is 0 Å². The molecule has 1 spiro atoms. The van der Waals surface area contributed by atoms with E-state index in [4.69, 9.17) is 4.99 Å². The lowest BCUT2D eigenvalue weighted by atomic mass is 9.83. The Bertz CT molecular complexity index is 265. The second-order valence-corrected chi connectivity index (χ2v) is 6.24. The van der Waals surface area contributed by atoms with Crippen LogP contribution < -0.4 is 5.32 Å². The van der Waals surface area contributed by atoms with Crippen LogP contribution in [-0.4, -0.2) is 22.5 Å². The fourth-order valence-corrected chi connectivity index (χ4v) is 4.04. The van der Waals surface area contributed by atoms with E-state index in [1.807, 2.05) is 11.8 Å². The summed E-state index contributed by atoms with van der Waals surface area (Å²) in [7, 11) is 0. The molecule has 2 aliphatic carbocycles. The van der Waals surface area contributed by atoms with Gasteiger partial charge < -0.3 is 5.32 Å². The summed E-state index contributed by atoms with van der Waals surface area (Å²) in [6.07, 6.45) is 11.0. The summed E-state index contributed by atoms with van der Waals surface area (Å²) in [5, 5.41) is 4.97. The second kappa shape index (κ2) is 4.00. The first-order valence-electron chi connectivity index (χ1n) is 6.35. The molecule has 2 saturated carbocycles. The molecule has 3 fully saturated rings. The zero-order chi connectivity index (χ0) is 10.1. The normalized spacial score (nSPS) is 32.9. The Morgan fingerprint density at radius 3 is 2.60 bits per heavy atom. The third-order valence-electron chi connectivity index (χ3n) is 4.04. The first kappa shape index (κ1) is 10.0. The molecule has 0 aromatic heterocycles. The lowest BCUT2D eigenvalue weighted by Crippen LogP contribution is -2.45. The highest BCUT2D eigenvalue weighted by molar-refractivity contribution is 8.14. The van der Waals surface area contributed by atoms with Crippen molar-refractivity contribution in [2.24, 2.45) is 4.99 Å². The average molecular weight is 224 g/mol. The van der Waals surface area contributed by atoms with Crippen LogP contribution in [0.15, 0.2) is 4.99 Å². The van der Waals surface area contributed by atoms with E-state index in [2.05, 4.69) is 5.32 Å². The van der Waals surface area contributed by atoms with Crippen molar-refractivity contribution in [3.8, 4) is 0 Å². The molecule has 3 rings (SSSR count). The molecule has 0 amide bonds. The average Bonchev–Trinajstić information content (AvgIpc) is 2.57. The lowest BCUT2D eigenvalue weighted by molar-refractivity contribution is 0.303. The van der Waals surface area contributed by atoms with Gasteiger partial charge in [0.05, 0.1) is 6.04 Å². The van der Waals surface area contributed by atoms with E-state index in [0.29, 0.717) is 11.6 Å². The predicted octanol–water partition coefficient (Wildman–Crippen LogP) is 2.93. The van der Waals surface area contributed by atoms with Gasteiger partial charge in [-0.3, -0.25) is 4.99 Å². The fourth-order valence-electron chi connectivity index (χ4n) is 2.75. The Kier molecular flexibility index (Phi) is 2.67. The summed E-state index contributed by atoms with van der Waals surface area (Å²) in [5.74, 6) is 1.26. The Morgan fingerprint density at radius 1 is 1.13 bits per heavy atom. The van der Waals surface area contributed by atoms with Gasteiger partial charge in [-0.1, -0.05) is 31.0 Å². The number of thioether (sulfide) groups is 1. The number of amidine groups is 1. The number of nitrogens with one attached hydrogen (secondary N) is 1. The quantitative estimate of drug-likeness (QED) is 0.740. The zero-order valence-electron chi connectivity index (χ0n) is 9.30.